The SMILES string of the molecule is O=C(COC(=O)C=Cc1ccccc1[N+](=O)[O-])NNC(=O)c1ccc(F)cc1. The van der Waals surface area contributed by atoms with Gasteiger partial charge in [0.1, 0.15) is 5.82 Å². The van der Waals surface area contributed by atoms with Crippen LogP contribution in [0.2, 0.25) is 0 Å². The molecular weight excluding hydrogens is 373 g/mol. The van der Waals surface area contributed by atoms with E-state index in [1.165, 1.54) is 36.4 Å². The Labute approximate surface area is 157 Å². The molecule has 0 aliphatic rings. The van der Waals surface area contributed by atoms with Crippen LogP contribution in [-0.2, 0) is 14.3 Å². The molecule has 0 aromatic heterocycles. The lowest BCUT2D eigenvalue weighted by atomic mass is 10.1. The quantitative estimate of drug-likeness (QED) is 0.336. The van der Waals surface area contributed by atoms with Crippen LogP contribution in [0.5, 0.6) is 0 Å². The molecule has 2 aromatic carbocycles. The van der Waals surface area contributed by atoms with Gasteiger partial charge in [-0.2, -0.15) is 0 Å². The van der Waals surface area contributed by atoms with Crippen LogP contribution in [0.25, 0.3) is 6.08 Å². The van der Waals surface area contributed by atoms with Crippen molar-refractivity contribution in [1.82, 2.24) is 10.9 Å². The van der Waals surface area contributed by atoms with Crippen LogP contribution >= 0.6 is 0 Å². The molecule has 0 saturated heterocycles. The van der Waals surface area contributed by atoms with Gasteiger partial charge in [0, 0.05) is 17.7 Å². The lowest BCUT2D eigenvalue weighted by Gasteiger charge is -2.07. The predicted molar refractivity (Wildman–Crippen MR) is 95.1 cm³/mol. The van der Waals surface area contributed by atoms with Crippen molar-refractivity contribution in [3.8, 4) is 0 Å². The van der Waals surface area contributed by atoms with Crippen molar-refractivity contribution < 1.29 is 28.4 Å². The van der Waals surface area contributed by atoms with Crippen molar-refractivity contribution in [1.29, 1.82) is 0 Å². The van der Waals surface area contributed by atoms with E-state index in [-0.39, 0.29) is 16.8 Å². The molecule has 0 atom stereocenters. The smallest absolute Gasteiger partial charge is 0.331 e. The Kier molecular flexibility index (Phi) is 6.92. The molecule has 0 heterocycles. The number of hydrogen-bond donors (Lipinski definition) is 2. The first kappa shape index (κ1) is 20.2. The van der Waals surface area contributed by atoms with Gasteiger partial charge < -0.3 is 4.74 Å². The number of nitro groups is 1. The number of halogens is 1. The zero-order chi connectivity index (χ0) is 20.5. The monoisotopic (exact) mass is 387 g/mol. The number of benzene rings is 2. The Morgan fingerprint density at radius 2 is 1.75 bits per heavy atom. The highest BCUT2D eigenvalue weighted by molar-refractivity contribution is 5.95. The fourth-order valence-corrected chi connectivity index (χ4v) is 1.97. The maximum Gasteiger partial charge on any atom is 0.331 e. The molecule has 10 heteroatoms. The summed E-state index contributed by atoms with van der Waals surface area (Å²) in [6.07, 6.45) is 2.13. The minimum Gasteiger partial charge on any atom is -0.452 e. The zero-order valence-electron chi connectivity index (χ0n) is 14.3. The maximum absolute atomic E-state index is 12.8. The molecule has 0 aliphatic carbocycles. The third kappa shape index (κ3) is 6.02. The summed E-state index contributed by atoms with van der Waals surface area (Å²) in [4.78, 5) is 45.2. The van der Waals surface area contributed by atoms with Gasteiger partial charge in [0.2, 0.25) is 0 Å². The fraction of sp³-hybridized carbons (Fsp3) is 0.0556. The summed E-state index contributed by atoms with van der Waals surface area (Å²) in [5.74, 6) is -2.92. The van der Waals surface area contributed by atoms with Crippen LogP contribution in [0.15, 0.2) is 54.6 Å². The standard InChI is InChI=1S/C18H14FN3O6/c19-14-8-5-13(6-9-14)18(25)21-20-16(23)11-28-17(24)10-7-12-3-1-2-4-15(12)22(26)27/h1-10H,11H2,(H,20,23)(H,21,25). The number of nitro benzene ring substituents is 1. The van der Waals surface area contributed by atoms with Gasteiger partial charge in [-0.15, -0.1) is 0 Å². The molecule has 2 N–H and O–H groups in total. The van der Waals surface area contributed by atoms with Crippen LogP contribution in [0.4, 0.5) is 10.1 Å². The van der Waals surface area contributed by atoms with Gasteiger partial charge in [-0.3, -0.25) is 30.6 Å². The van der Waals surface area contributed by atoms with E-state index in [1.54, 1.807) is 6.07 Å². The molecule has 0 bridgehead atoms. The highest BCUT2D eigenvalue weighted by atomic mass is 19.1. The van der Waals surface area contributed by atoms with Crippen LogP contribution in [-0.4, -0.2) is 29.3 Å². The molecule has 0 fully saturated rings. The molecule has 2 amide bonds. The van der Waals surface area contributed by atoms with Gasteiger partial charge >= 0.3 is 5.97 Å². The number of carbonyl (C=O) groups excluding carboxylic acids is 3. The van der Waals surface area contributed by atoms with E-state index >= 15 is 0 Å². The number of hydrazine groups is 1. The number of para-hydroxylation sites is 1. The number of nitrogens with one attached hydrogen (secondary N) is 2. The molecule has 0 saturated carbocycles. The number of amides is 2. The molecule has 9 nitrogen and oxygen atoms in total. The predicted octanol–water partition coefficient (Wildman–Crippen LogP) is 1.75. The third-order valence-corrected chi connectivity index (χ3v) is 3.30. The number of esters is 1. The first-order valence-electron chi connectivity index (χ1n) is 7.80. The Morgan fingerprint density at radius 3 is 2.43 bits per heavy atom. The molecule has 0 spiro atoms. The number of rotatable bonds is 6. The average molecular weight is 387 g/mol. The van der Waals surface area contributed by atoms with Crippen LogP contribution < -0.4 is 10.9 Å². The minimum absolute atomic E-state index is 0.117. The van der Waals surface area contributed by atoms with Gasteiger partial charge in [0.05, 0.1) is 10.5 Å². The van der Waals surface area contributed by atoms with E-state index in [9.17, 15) is 28.9 Å². The zero-order valence-corrected chi connectivity index (χ0v) is 14.3. The second-order valence-corrected chi connectivity index (χ2v) is 5.27. The third-order valence-electron chi connectivity index (χ3n) is 3.30. The molecule has 144 valence electrons. The van der Waals surface area contributed by atoms with Crippen molar-refractivity contribution in [2.75, 3.05) is 6.61 Å². The van der Waals surface area contributed by atoms with Crippen LogP contribution in [0.1, 0.15) is 15.9 Å². The van der Waals surface area contributed by atoms with E-state index in [1.807, 2.05) is 5.43 Å². The molecule has 0 aliphatic heterocycles. The average Bonchev–Trinajstić information content (AvgIpc) is 2.69. The van der Waals surface area contributed by atoms with E-state index < -0.39 is 35.1 Å². The van der Waals surface area contributed by atoms with E-state index in [4.69, 9.17) is 0 Å². The van der Waals surface area contributed by atoms with Gasteiger partial charge in [0.25, 0.3) is 17.5 Å². The second kappa shape index (κ2) is 9.57. The summed E-state index contributed by atoms with van der Waals surface area (Å²) < 4.78 is 17.5. The van der Waals surface area contributed by atoms with Gasteiger partial charge in [0.15, 0.2) is 6.61 Å². The van der Waals surface area contributed by atoms with Crippen LogP contribution in [0, 0.1) is 15.9 Å². The topological polar surface area (TPSA) is 128 Å². The summed E-state index contributed by atoms with van der Waals surface area (Å²) in [6, 6.07) is 10.4. The molecular formula is C18H14FN3O6. The molecule has 0 unspecified atom stereocenters. The Bertz CT molecular complexity index is 927. The van der Waals surface area contributed by atoms with E-state index in [0.29, 0.717) is 0 Å². The summed E-state index contributed by atoms with van der Waals surface area (Å²) in [6.45, 7) is -0.691. The first-order chi connectivity index (χ1) is 13.4. The van der Waals surface area contributed by atoms with Crippen molar-refractivity contribution in [2.24, 2.45) is 0 Å². The highest BCUT2D eigenvalue weighted by Crippen LogP contribution is 2.18. The number of carbonyl (C=O) groups is 3. The largest absolute Gasteiger partial charge is 0.452 e. The maximum atomic E-state index is 12.8. The van der Waals surface area contributed by atoms with Crippen molar-refractivity contribution in [3.05, 3.63) is 81.7 Å². The minimum atomic E-state index is -0.904. The number of hydrogen-bond acceptors (Lipinski definition) is 6. The summed E-state index contributed by atoms with van der Waals surface area (Å²) in [5, 5.41) is 10.9. The molecule has 2 rings (SSSR count). The normalized spacial score (nSPS) is 10.3. The second-order valence-electron chi connectivity index (χ2n) is 5.27. The summed E-state index contributed by atoms with van der Waals surface area (Å²) >= 11 is 0. The Morgan fingerprint density at radius 1 is 1.07 bits per heavy atom. The Balaban J connectivity index is 1.79. The van der Waals surface area contributed by atoms with E-state index in [2.05, 4.69) is 10.2 Å². The van der Waals surface area contributed by atoms with Crippen molar-refractivity contribution in [2.45, 2.75) is 0 Å². The number of nitrogens with zero attached hydrogens (tertiary/aromatic N) is 1. The molecule has 2 aromatic rings. The van der Waals surface area contributed by atoms with E-state index in [0.717, 1.165) is 18.2 Å². The summed E-state index contributed by atoms with van der Waals surface area (Å²) in [5.41, 5.74) is 4.22. The lowest BCUT2D eigenvalue weighted by molar-refractivity contribution is -0.385. The molecule has 28 heavy (non-hydrogen) atoms. The van der Waals surface area contributed by atoms with Crippen molar-refractivity contribution >= 4 is 29.5 Å². The van der Waals surface area contributed by atoms with Crippen LogP contribution in [0.3, 0.4) is 0 Å². The number of ether oxygens (including phenoxy) is 1. The van der Waals surface area contributed by atoms with Gasteiger partial charge in [-0.05, 0) is 36.4 Å². The Hall–Kier alpha value is -4.08. The van der Waals surface area contributed by atoms with Crippen molar-refractivity contribution in [3.63, 3.8) is 0 Å². The summed E-state index contributed by atoms with van der Waals surface area (Å²) in [7, 11) is 0. The highest BCUT2D eigenvalue weighted by Gasteiger charge is 2.11. The lowest BCUT2D eigenvalue weighted by Crippen LogP contribution is -2.43. The molecule has 0 radical (unpaired) electrons. The fourth-order valence-electron chi connectivity index (χ4n) is 1.97. The van der Waals surface area contributed by atoms with Gasteiger partial charge in [-0.25, -0.2) is 9.18 Å². The van der Waals surface area contributed by atoms with Gasteiger partial charge in [-0.1, -0.05) is 12.1 Å². The first-order valence-corrected chi connectivity index (χ1v) is 7.80.